The molecule has 1 aliphatic rings. The molecule has 2 heterocycles. The number of rotatable bonds is 2. The summed E-state index contributed by atoms with van der Waals surface area (Å²) >= 11 is 0. The average molecular weight is 210 g/mol. The summed E-state index contributed by atoms with van der Waals surface area (Å²) in [5.41, 5.74) is 0.633. The number of aliphatic hydroxyl groups is 1. The molecule has 2 atom stereocenters. The van der Waals surface area contributed by atoms with E-state index in [1.165, 1.54) is 6.26 Å². The van der Waals surface area contributed by atoms with Crippen LogP contribution in [-0.2, 0) is 11.2 Å². The van der Waals surface area contributed by atoms with Crippen LogP contribution in [0.25, 0.3) is 0 Å². The number of likely N-dealkylation sites (tertiary alicyclic amines) is 1. The van der Waals surface area contributed by atoms with Crippen LogP contribution >= 0.6 is 0 Å². The van der Waals surface area contributed by atoms with Gasteiger partial charge < -0.3 is 14.5 Å². The van der Waals surface area contributed by atoms with Gasteiger partial charge in [0.25, 0.3) is 0 Å². The molecular formula is C10H14N2O3. The Morgan fingerprint density at radius 1 is 1.80 bits per heavy atom. The van der Waals surface area contributed by atoms with Crippen molar-refractivity contribution in [2.24, 2.45) is 0 Å². The number of aliphatic hydroxyl groups excluding tert-OH is 1. The predicted octanol–water partition coefficient (Wildman–Crippen LogP) is 0.199. The Morgan fingerprint density at radius 2 is 2.60 bits per heavy atom. The quantitative estimate of drug-likeness (QED) is 0.757. The minimum atomic E-state index is -0.388. The third kappa shape index (κ3) is 2.18. The number of β-amino-alcohol motifs (C(OH)–C–C–N with tert-alkyl or cyclic N) is 1. The number of hydrogen-bond donors (Lipinski definition) is 1. The fourth-order valence-corrected chi connectivity index (χ4v) is 1.94. The van der Waals surface area contributed by atoms with Gasteiger partial charge in [-0.3, -0.25) is 4.79 Å². The van der Waals surface area contributed by atoms with Crippen molar-refractivity contribution in [1.82, 2.24) is 10.1 Å². The van der Waals surface area contributed by atoms with Gasteiger partial charge in [-0.25, -0.2) is 0 Å². The summed E-state index contributed by atoms with van der Waals surface area (Å²) in [5.74, 6) is -0.00653. The van der Waals surface area contributed by atoms with E-state index in [0.717, 1.165) is 0 Å². The van der Waals surface area contributed by atoms with Crippen molar-refractivity contribution in [2.75, 3.05) is 6.54 Å². The van der Waals surface area contributed by atoms with Crippen molar-refractivity contribution >= 4 is 5.91 Å². The molecule has 1 saturated heterocycles. The molecule has 0 bridgehead atoms. The molecule has 5 heteroatoms. The van der Waals surface area contributed by atoms with Crippen LogP contribution in [0.2, 0.25) is 0 Å². The lowest BCUT2D eigenvalue weighted by molar-refractivity contribution is -0.131. The van der Waals surface area contributed by atoms with Crippen LogP contribution in [0.15, 0.2) is 16.9 Å². The molecule has 1 aliphatic heterocycles. The monoisotopic (exact) mass is 210 g/mol. The maximum absolute atomic E-state index is 11.8. The first-order valence-electron chi connectivity index (χ1n) is 5.03. The first kappa shape index (κ1) is 10.2. The summed E-state index contributed by atoms with van der Waals surface area (Å²) in [7, 11) is 0. The molecule has 2 unspecified atom stereocenters. The molecule has 0 saturated carbocycles. The Labute approximate surface area is 87.7 Å². The van der Waals surface area contributed by atoms with Gasteiger partial charge in [0.2, 0.25) is 5.91 Å². The van der Waals surface area contributed by atoms with E-state index < -0.39 is 0 Å². The van der Waals surface area contributed by atoms with E-state index in [0.29, 0.717) is 18.7 Å². The second-order valence-corrected chi connectivity index (χ2v) is 3.95. The molecule has 2 rings (SSSR count). The summed E-state index contributed by atoms with van der Waals surface area (Å²) in [6, 6.07) is 1.79. The van der Waals surface area contributed by atoms with E-state index in [1.54, 1.807) is 11.0 Å². The van der Waals surface area contributed by atoms with Crippen LogP contribution in [0.3, 0.4) is 0 Å². The molecule has 5 nitrogen and oxygen atoms in total. The first-order valence-corrected chi connectivity index (χ1v) is 5.03. The Kier molecular flexibility index (Phi) is 2.73. The lowest BCUT2D eigenvalue weighted by atomic mass is 10.2. The van der Waals surface area contributed by atoms with Gasteiger partial charge in [-0.2, -0.15) is 0 Å². The van der Waals surface area contributed by atoms with Crippen molar-refractivity contribution in [2.45, 2.75) is 31.9 Å². The van der Waals surface area contributed by atoms with Crippen LogP contribution in [0.4, 0.5) is 0 Å². The molecule has 0 spiro atoms. The van der Waals surface area contributed by atoms with Gasteiger partial charge in [-0.05, 0) is 13.3 Å². The second kappa shape index (κ2) is 4.02. The fourth-order valence-electron chi connectivity index (χ4n) is 1.94. The summed E-state index contributed by atoms with van der Waals surface area (Å²) < 4.78 is 4.66. The minimum Gasteiger partial charge on any atom is -0.391 e. The van der Waals surface area contributed by atoms with Crippen molar-refractivity contribution in [3.05, 3.63) is 18.0 Å². The van der Waals surface area contributed by atoms with Gasteiger partial charge in [0.15, 0.2) is 0 Å². The van der Waals surface area contributed by atoms with Gasteiger partial charge in [0.1, 0.15) is 6.26 Å². The van der Waals surface area contributed by atoms with Crippen LogP contribution in [-0.4, -0.2) is 39.8 Å². The zero-order valence-electron chi connectivity index (χ0n) is 8.59. The van der Waals surface area contributed by atoms with Crippen LogP contribution < -0.4 is 0 Å². The highest BCUT2D eigenvalue weighted by atomic mass is 16.5. The topological polar surface area (TPSA) is 66.6 Å². The van der Waals surface area contributed by atoms with Gasteiger partial charge in [0, 0.05) is 18.7 Å². The lowest BCUT2D eigenvalue weighted by Crippen LogP contribution is -2.35. The Hall–Kier alpha value is -1.36. The summed E-state index contributed by atoms with van der Waals surface area (Å²) in [4.78, 5) is 13.5. The molecular weight excluding hydrogens is 196 g/mol. The number of nitrogens with zero attached hydrogens (tertiary/aromatic N) is 2. The largest absolute Gasteiger partial charge is 0.391 e. The van der Waals surface area contributed by atoms with E-state index in [4.69, 9.17) is 0 Å². The standard InChI is InChI=1S/C10H14N2O3/c1-7-4-9(13)6-12(7)10(14)5-8-2-3-15-11-8/h2-3,7,9,13H,4-6H2,1H3. The van der Waals surface area contributed by atoms with Crippen LogP contribution in [0.5, 0.6) is 0 Å². The lowest BCUT2D eigenvalue weighted by Gasteiger charge is -2.20. The second-order valence-electron chi connectivity index (χ2n) is 3.95. The van der Waals surface area contributed by atoms with E-state index in [2.05, 4.69) is 9.68 Å². The number of aromatic nitrogens is 1. The minimum absolute atomic E-state index is 0.00653. The van der Waals surface area contributed by atoms with E-state index in [-0.39, 0.29) is 24.5 Å². The summed E-state index contributed by atoms with van der Waals surface area (Å²) in [6.07, 6.45) is 1.96. The Bertz CT molecular complexity index is 336. The molecule has 82 valence electrons. The maximum Gasteiger partial charge on any atom is 0.229 e. The highest BCUT2D eigenvalue weighted by Gasteiger charge is 2.31. The zero-order valence-corrected chi connectivity index (χ0v) is 8.59. The molecule has 15 heavy (non-hydrogen) atoms. The third-order valence-corrected chi connectivity index (χ3v) is 2.70. The fraction of sp³-hybridized carbons (Fsp3) is 0.600. The number of hydrogen-bond acceptors (Lipinski definition) is 4. The van der Waals surface area contributed by atoms with Gasteiger partial charge in [-0.1, -0.05) is 5.16 Å². The average Bonchev–Trinajstić information content (AvgIpc) is 2.75. The van der Waals surface area contributed by atoms with Crippen molar-refractivity contribution < 1.29 is 14.4 Å². The SMILES string of the molecule is CC1CC(O)CN1C(=O)Cc1ccon1. The molecule has 0 aromatic carbocycles. The predicted molar refractivity (Wildman–Crippen MR) is 52.0 cm³/mol. The number of amides is 1. The third-order valence-electron chi connectivity index (χ3n) is 2.70. The Morgan fingerprint density at radius 3 is 3.13 bits per heavy atom. The number of carbonyl (C=O) groups excluding carboxylic acids is 1. The van der Waals surface area contributed by atoms with Gasteiger partial charge in [0.05, 0.1) is 18.2 Å². The Balaban J connectivity index is 1.97. The smallest absolute Gasteiger partial charge is 0.229 e. The highest BCUT2D eigenvalue weighted by molar-refractivity contribution is 5.78. The molecule has 0 radical (unpaired) electrons. The molecule has 0 aliphatic carbocycles. The van der Waals surface area contributed by atoms with E-state index in [9.17, 15) is 9.90 Å². The molecule has 1 N–H and O–H groups in total. The highest BCUT2D eigenvalue weighted by Crippen LogP contribution is 2.18. The van der Waals surface area contributed by atoms with Crippen LogP contribution in [0, 0.1) is 0 Å². The van der Waals surface area contributed by atoms with E-state index >= 15 is 0 Å². The summed E-state index contributed by atoms with van der Waals surface area (Å²) in [6.45, 7) is 2.37. The number of carbonyl (C=O) groups is 1. The van der Waals surface area contributed by atoms with E-state index in [1.807, 2.05) is 6.92 Å². The van der Waals surface area contributed by atoms with Crippen LogP contribution in [0.1, 0.15) is 19.0 Å². The van der Waals surface area contributed by atoms with Crippen molar-refractivity contribution in [1.29, 1.82) is 0 Å². The zero-order chi connectivity index (χ0) is 10.8. The summed E-state index contributed by atoms with van der Waals surface area (Å²) in [5, 5.41) is 13.1. The maximum atomic E-state index is 11.8. The molecule has 1 fully saturated rings. The molecule has 1 aromatic rings. The molecule has 1 amide bonds. The first-order chi connectivity index (χ1) is 7.16. The van der Waals surface area contributed by atoms with Crippen molar-refractivity contribution in [3.63, 3.8) is 0 Å². The van der Waals surface area contributed by atoms with Gasteiger partial charge >= 0.3 is 0 Å². The van der Waals surface area contributed by atoms with Crippen molar-refractivity contribution in [3.8, 4) is 0 Å². The van der Waals surface area contributed by atoms with Gasteiger partial charge in [-0.15, -0.1) is 0 Å². The molecule has 1 aromatic heterocycles. The normalized spacial score (nSPS) is 25.9.